The Morgan fingerprint density at radius 2 is 1.87 bits per heavy atom. The third-order valence-corrected chi connectivity index (χ3v) is 3.76. The average Bonchev–Trinajstić information content (AvgIpc) is 2.85. The van der Waals surface area contributed by atoms with Crippen LogP contribution in [-0.4, -0.2) is 11.0 Å². The van der Waals surface area contributed by atoms with Gasteiger partial charge in [-0.15, -0.1) is 0 Å². The summed E-state index contributed by atoms with van der Waals surface area (Å²) >= 11 is 5.19. The van der Waals surface area contributed by atoms with Crippen LogP contribution in [0.2, 0.25) is 0 Å². The van der Waals surface area contributed by atoms with Crippen molar-refractivity contribution < 1.29 is 9.21 Å². The van der Waals surface area contributed by atoms with Crippen LogP contribution in [0.5, 0.6) is 0 Å². The second kappa shape index (κ2) is 6.22. The van der Waals surface area contributed by atoms with E-state index in [2.05, 4.69) is 10.6 Å². The molecule has 4 nitrogen and oxygen atoms in total. The summed E-state index contributed by atoms with van der Waals surface area (Å²) in [7, 11) is 0. The molecule has 1 heterocycles. The van der Waals surface area contributed by atoms with Crippen molar-refractivity contribution in [2.24, 2.45) is 0 Å². The fourth-order valence-electron chi connectivity index (χ4n) is 2.44. The Morgan fingerprint density at radius 1 is 1.09 bits per heavy atom. The summed E-state index contributed by atoms with van der Waals surface area (Å²) in [6, 6.07) is 15.3. The number of aryl methyl sites for hydroxylation is 2. The molecule has 0 fully saturated rings. The highest BCUT2D eigenvalue weighted by Crippen LogP contribution is 2.24. The molecule has 0 aliphatic carbocycles. The Hall–Kier alpha value is -2.66. The number of amides is 1. The predicted octanol–water partition coefficient (Wildman–Crippen LogP) is 4.18. The van der Waals surface area contributed by atoms with E-state index in [-0.39, 0.29) is 16.8 Å². The van der Waals surface area contributed by atoms with Crippen LogP contribution < -0.4 is 10.6 Å². The van der Waals surface area contributed by atoms with E-state index < -0.39 is 0 Å². The first-order valence-electron chi connectivity index (χ1n) is 7.22. The molecule has 1 amide bonds. The molecule has 2 aromatic carbocycles. The molecule has 0 spiro atoms. The van der Waals surface area contributed by atoms with Crippen molar-refractivity contribution in [2.45, 2.75) is 13.8 Å². The normalized spacial score (nSPS) is 10.5. The molecule has 3 aromatic rings. The number of carbonyl (C=O) groups excluding carboxylic acids is 1. The van der Waals surface area contributed by atoms with Gasteiger partial charge in [0.05, 0.1) is 0 Å². The molecule has 3 rings (SSSR count). The number of benzene rings is 2. The van der Waals surface area contributed by atoms with Crippen molar-refractivity contribution in [1.82, 2.24) is 5.32 Å². The number of hydrogen-bond donors (Lipinski definition) is 2. The maximum absolute atomic E-state index is 12.4. The summed E-state index contributed by atoms with van der Waals surface area (Å²) in [5.74, 6) is -0.0801. The van der Waals surface area contributed by atoms with Crippen molar-refractivity contribution in [3.8, 4) is 0 Å². The maximum atomic E-state index is 12.4. The minimum Gasteiger partial charge on any atom is -0.451 e. The first kappa shape index (κ1) is 15.2. The lowest BCUT2D eigenvalue weighted by molar-refractivity contribution is 0.0952. The second-order valence-corrected chi connectivity index (χ2v) is 5.74. The van der Waals surface area contributed by atoms with Crippen LogP contribution in [0.3, 0.4) is 0 Å². The Labute approximate surface area is 139 Å². The molecule has 0 aliphatic heterocycles. The van der Waals surface area contributed by atoms with Crippen LogP contribution >= 0.6 is 12.2 Å². The minimum atomic E-state index is -0.358. The van der Waals surface area contributed by atoms with Crippen LogP contribution in [0.1, 0.15) is 21.7 Å². The largest absolute Gasteiger partial charge is 0.451 e. The van der Waals surface area contributed by atoms with Crippen LogP contribution in [0.15, 0.2) is 52.9 Å². The number of nitrogens with one attached hydrogen (secondary N) is 2. The molecule has 0 unspecified atom stereocenters. The van der Waals surface area contributed by atoms with E-state index in [1.165, 1.54) is 0 Å². The van der Waals surface area contributed by atoms with Crippen LogP contribution in [0.4, 0.5) is 5.69 Å². The molecule has 0 atom stereocenters. The lowest BCUT2D eigenvalue weighted by atomic mass is 10.1. The average molecular weight is 324 g/mol. The van der Waals surface area contributed by atoms with Gasteiger partial charge in [-0.05, 0) is 49.8 Å². The molecular formula is C18H16N2O2S. The third-order valence-electron chi connectivity index (χ3n) is 3.55. The van der Waals surface area contributed by atoms with E-state index in [4.69, 9.17) is 16.6 Å². The zero-order valence-electron chi connectivity index (χ0n) is 12.8. The van der Waals surface area contributed by atoms with Gasteiger partial charge in [-0.1, -0.05) is 30.3 Å². The van der Waals surface area contributed by atoms with Gasteiger partial charge in [-0.3, -0.25) is 10.1 Å². The van der Waals surface area contributed by atoms with Crippen LogP contribution in [-0.2, 0) is 0 Å². The van der Waals surface area contributed by atoms with E-state index in [1.54, 1.807) is 0 Å². The number of fused-ring (bicyclic) bond motifs is 1. The number of furan rings is 1. The molecule has 5 heteroatoms. The molecule has 23 heavy (non-hydrogen) atoms. The van der Waals surface area contributed by atoms with Crippen LogP contribution in [0, 0.1) is 13.8 Å². The van der Waals surface area contributed by atoms with Gasteiger partial charge in [0.15, 0.2) is 10.9 Å². The first-order chi connectivity index (χ1) is 11.0. The monoisotopic (exact) mass is 324 g/mol. The zero-order valence-corrected chi connectivity index (χ0v) is 13.7. The molecule has 0 bridgehead atoms. The lowest BCUT2D eigenvalue weighted by Gasteiger charge is -2.09. The number of carbonyl (C=O) groups is 1. The smallest absolute Gasteiger partial charge is 0.293 e. The van der Waals surface area contributed by atoms with Crippen molar-refractivity contribution >= 4 is 39.9 Å². The van der Waals surface area contributed by atoms with Crippen molar-refractivity contribution in [2.75, 3.05) is 5.32 Å². The standard InChI is InChI=1S/C18H16N2O2S/c1-11-6-5-7-13(10-11)19-18(23)20-17(21)16-12(2)14-8-3-4-9-15(14)22-16/h3-10H,1-2H3,(H2,19,20,21,23). The highest BCUT2D eigenvalue weighted by Gasteiger charge is 2.18. The summed E-state index contributed by atoms with van der Waals surface area (Å²) in [4.78, 5) is 12.4. The number of para-hydroxylation sites is 1. The van der Waals surface area contributed by atoms with Gasteiger partial charge in [0.25, 0.3) is 5.91 Å². The van der Waals surface area contributed by atoms with Gasteiger partial charge >= 0.3 is 0 Å². The quantitative estimate of drug-likeness (QED) is 0.695. The first-order valence-corrected chi connectivity index (χ1v) is 7.62. The predicted molar refractivity (Wildman–Crippen MR) is 95.8 cm³/mol. The second-order valence-electron chi connectivity index (χ2n) is 5.33. The molecule has 0 saturated heterocycles. The number of anilines is 1. The van der Waals surface area contributed by atoms with Gasteiger partial charge in [0.1, 0.15) is 5.58 Å². The number of hydrogen-bond acceptors (Lipinski definition) is 3. The van der Waals surface area contributed by atoms with Gasteiger partial charge in [0, 0.05) is 16.6 Å². The third kappa shape index (κ3) is 3.24. The van der Waals surface area contributed by atoms with E-state index in [0.717, 1.165) is 22.2 Å². The van der Waals surface area contributed by atoms with Gasteiger partial charge in [0.2, 0.25) is 0 Å². The molecule has 116 valence electrons. The fraction of sp³-hybridized carbons (Fsp3) is 0.111. The Morgan fingerprint density at radius 3 is 2.61 bits per heavy atom. The Balaban J connectivity index is 1.75. The Bertz CT molecular complexity index is 899. The Kier molecular flexibility index (Phi) is 4.12. The van der Waals surface area contributed by atoms with E-state index in [9.17, 15) is 4.79 Å². The van der Waals surface area contributed by atoms with Crippen molar-refractivity contribution in [3.05, 3.63) is 65.4 Å². The number of rotatable bonds is 2. The SMILES string of the molecule is Cc1cccc(NC(=S)NC(=O)c2oc3ccccc3c2C)c1. The van der Waals surface area contributed by atoms with Crippen LogP contribution in [0.25, 0.3) is 11.0 Å². The van der Waals surface area contributed by atoms with Gasteiger partial charge in [-0.2, -0.15) is 0 Å². The summed E-state index contributed by atoms with van der Waals surface area (Å²) in [5, 5.41) is 6.81. The molecule has 0 radical (unpaired) electrons. The van der Waals surface area contributed by atoms with E-state index in [0.29, 0.717) is 5.58 Å². The molecule has 0 aliphatic rings. The van der Waals surface area contributed by atoms with E-state index >= 15 is 0 Å². The van der Waals surface area contributed by atoms with Gasteiger partial charge in [-0.25, -0.2) is 0 Å². The summed E-state index contributed by atoms with van der Waals surface area (Å²) < 4.78 is 5.63. The molecule has 0 saturated carbocycles. The topological polar surface area (TPSA) is 54.3 Å². The highest BCUT2D eigenvalue weighted by molar-refractivity contribution is 7.80. The minimum absolute atomic E-state index is 0.237. The summed E-state index contributed by atoms with van der Waals surface area (Å²) in [6.45, 7) is 3.85. The molecule has 1 aromatic heterocycles. The van der Waals surface area contributed by atoms with E-state index in [1.807, 2.05) is 62.4 Å². The van der Waals surface area contributed by atoms with Gasteiger partial charge < -0.3 is 9.73 Å². The summed E-state index contributed by atoms with van der Waals surface area (Å²) in [6.07, 6.45) is 0. The number of thiocarbonyl (C=S) groups is 1. The highest BCUT2D eigenvalue weighted by atomic mass is 32.1. The molecular weight excluding hydrogens is 308 g/mol. The lowest BCUT2D eigenvalue weighted by Crippen LogP contribution is -2.34. The summed E-state index contributed by atoms with van der Waals surface area (Å²) in [5.41, 5.74) is 3.43. The maximum Gasteiger partial charge on any atom is 0.293 e. The zero-order chi connectivity index (χ0) is 16.4. The van der Waals surface area contributed by atoms with Crippen molar-refractivity contribution in [1.29, 1.82) is 0 Å². The fourth-order valence-corrected chi connectivity index (χ4v) is 2.65. The van der Waals surface area contributed by atoms with Crippen molar-refractivity contribution in [3.63, 3.8) is 0 Å². The molecule has 2 N–H and O–H groups in total.